The molecule has 2 aromatic heterocycles. The molecule has 0 saturated heterocycles. The molecule has 0 saturated carbocycles. The van der Waals surface area contributed by atoms with E-state index in [1.165, 1.54) is 11.8 Å². The van der Waals surface area contributed by atoms with E-state index in [0.29, 0.717) is 29.4 Å². The second-order valence-electron chi connectivity index (χ2n) is 8.06. The number of thioether (sulfide) groups is 1. The van der Waals surface area contributed by atoms with Crippen LogP contribution >= 0.6 is 11.8 Å². The third-order valence-electron chi connectivity index (χ3n) is 6.01. The maximum atomic E-state index is 12.8. The number of methoxy groups -OCH3 is 1. The zero-order chi connectivity index (χ0) is 24.1. The molecule has 0 aliphatic rings. The van der Waals surface area contributed by atoms with Gasteiger partial charge in [-0.3, -0.25) is 9.59 Å². The molecule has 0 aliphatic carbocycles. The van der Waals surface area contributed by atoms with Gasteiger partial charge < -0.3 is 20.0 Å². The van der Waals surface area contributed by atoms with Gasteiger partial charge in [-0.2, -0.15) is 0 Å². The topological polar surface area (TPSA) is 99.9 Å². The van der Waals surface area contributed by atoms with E-state index in [4.69, 9.17) is 4.74 Å². The first-order valence-electron chi connectivity index (χ1n) is 11.1. The van der Waals surface area contributed by atoms with E-state index in [-0.39, 0.29) is 23.8 Å². The predicted octanol–water partition coefficient (Wildman–Crippen LogP) is 4.17. The highest BCUT2D eigenvalue weighted by Gasteiger charge is 2.20. The summed E-state index contributed by atoms with van der Waals surface area (Å²) in [5.41, 5.74) is 4.28. The number of amides is 1. The highest BCUT2D eigenvalue weighted by Crippen LogP contribution is 2.31. The number of para-hydroxylation sites is 1. The van der Waals surface area contributed by atoms with Crippen LogP contribution < -0.4 is 15.6 Å². The standard InChI is InChI=1S/C26H28N4O3S/c1-16-19(25(32)30-26(29-16)34-3)12-13-24(31)28-14-21(17-8-10-18(33-2)11-9-17)22-15-27-23-7-5-4-6-20(22)23/h4-11,15,21,27H,12-14H2,1-3H3,(H,28,31)(H,29,30,32). The SMILES string of the molecule is COc1ccc(C(CNC(=O)CCc2c(C)nc(SC)[nH]c2=O)c2c[nH]c3ccccc23)cc1. The molecule has 34 heavy (non-hydrogen) atoms. The number of benzene rings is 2. The number of aromatic nitrogens is 3. The van der Waals surface area contributed by atoms with Crippen LogP contribution in [0.4, 0.5) is 0 Å². The molecule has 3 N–H and O–H groups in total. The summed E-state index contributed by atoms with van der Waals surface area (Å²) in [5.74, 6) is 0.636. The Balaban J connectivity index is 1.51. The summed E-state index contributed by atoms with van der Waals surface area (Å²) >= 11 is 1.38. The van der Waals surface area contributed by atoms with E-state index in [2.05, 4.69) is 26.3 Å². The van der Waals surface area contributed by atoms with Crippen LogP contribution in [0.5, 0.6) is 5.75 Å². The Morgan fingerprint density at radius 3 is 2.65 bits per heavy atom. The van der Waals surface area contributed by atoms with Crippen molar-refractivity contribution >= 4 is 28.6 Å². The molecule has 4 rings (SSSR count). The molecule has 176 valence electrons. The molecule has 0 aliphatic heterocycles. The average Bonchev–Trinajstić information content (AvgIpc) is 3.28. The minimum atomic E-state index is -0.181. The van der Waals surface area contributed by atoms with Crippen LogP contribution in [0.25, 0.3) is 10.9 Å². The number of carbonyl (C=O) groups excluding carboxylic acids is 1. The van der Waals surface area contributed by atoms with Gasteiger partial charge in [0.1, 0.15) is 5.75 Å². The highest BCUT2D eigenvalue weighted by molar-refractivity contribution is 7.98. The minimum absolute atomic E-state index is 0.0429. The highest BCUT2D eigenvalue weighted by atomic mass is 32.2. The number of H-pyrrole nitrogens is 2. The number of hydrogen-bond acceptors (Lipinski definition) is 5. The summed E-state index contributed by atoms with van der Waals surface area (Å²) in [4.78, 5) is 35.6. The molecule has 1 unspecified atom stereocenters. The lowest BCUT2D eigenvalue weighted by molar-refractivity contribution is -0.121. The molecule has 0 bridgehead atoms. The molecule has 4 aromatic rings. The van der Waals surface area contributed by atoms with Gasteiger partial charge in [0, 0.05) is 47.2 Å². The maximum Gasteiger partial charge on any atom is 0.254 e. The van der Waals surface area contributed by atoms with E-state index in [1.54, 1.807) is 14.0 Å². The molecular formula is C26H28N4O3S. The molecular weight excluding hydrogens is 448 g/mol. The normalized spacial score (nSPS) is 12.0. The average molecular weight is 477 g/mol. The van der Waals surface area contributed by atoms with Crippen LogP contribution in [0.2, 0.25) is 0 Å². The first kappa shape index (κ1) is 23.6. The number of aromatic amines is 2. The lowest BCUT2D eigenvalue weighted by atomic mass is 9.90. The number of ether oxygens (including phenoxy) is 1. The molecule has 0 spiro atoms. The second kappa shape index (κ2) is 10.6. The fourth-order valence-corrected chi connectivity index (χ4v) is 4.57. The quantitative estimate of drug-likeness (QED) is 0.249. The zero-order valence-electron chi connectivity index (χ0n) is 19.5. The number of rotatable bonds is 9. The Labute approximate surface area is 202 Å². The van der Waals surface area contributed by atoms with E-state index in [9.17, 15) is 9.59 Å². The van der Waals surface area contributed by atoms with Crippen molar-refractivity contribution in [2.45, 2.75) is 30.8 Å². The summed E-state index contributed by atoms with van der Waals surface area (Å²) in [6.45, 7) is 2.24. The Morgan fingerprint density at radius 2 is 1.94 bits per heavy atom. The van der Waals surface area contributed by atoms with Gasteiger partial charge in [-0.25, -0.2) is 4.98 Å². The van der Waals surface area contributed by atoms with Gasteiger partial charge in [0.2, 0.25) is 5.91 Å². The molecule has 0 fully saturated rings. The maximum absolute atomic E-state index is 12.8. The second-order valence-corrected chi connectivity index (χ2v) is 8.85. The van der Waals surface area contributed by atoms with Crippen LogP contribution in [0, 0.1) is 6.92 Å². The summed E-state index contributed by atoms with van der Waals surface area (Å²) in [7, 11) is 1.64. The van der Waals surface area contributed by atoms with Gasteiger partial charge in [0.05, 0.1) is 7.11 Å². The molecule has 7 nitrogen and oxygen atoms in total. The van der Waals surface area contributed by atoms with E-state index >= 15 is 0 Å². The van der Waals surface area contributed by atoms with Crippen LogP contribution in [0.3, 0.4) is 0 Å². The Bertz CT molecular complexity index is 1340. The predicted molar refractivity (Wildman–Crippen MR) is 136 cm³/mol. The number of carbonyl (C=O) groups is 1. The van der Waals surface area contributed by atoms with Gasteiger partial charge in [-0.1, -0.05) is 42.1 Å². The fraction of sp³-hybridized carbons (Fsp3) is 0.269. The van der Waals surface area contributed by atoms with Gasteiger partial charge in [-0.05, 0) is 48.9 Å². The number of fused-ring (bicyclic) bond motifs is 1. The first-order chi connectivity index (χ1) is 16.5. The number of nitrogens with one attached hydrogen (secondary N) is 3. The van der Waals surface area contributed by atoms with Crippen LogP contribution in [0.1, 0.15) is 34.7 Å². The molecule has 2 aromatic carbocycles. The Morgan fingerprint density at radius 1 is 1.18 bits per heavy atom. The number of nitrogens with zero attached hydrogens (tertiary/aromatic N) is 1. The van der Waals surface area contributed by atoms with E-state index in [0.717, 1.165) is 27.8 Å². The van der Waals surface area contributed by atoms with Crippen molar-refractivity contribution in [3.8, 4) is 5.75 Å². The third kappa shape index (κ3) is 5.17. The Kier molecular flexibility index (Phi) is 7.37. The summed E-state index contributed by atoms with van der Waals surface area (Å²) < 4.78 is 5.31. The zero-order valence-corrected chi connectivity index (χ0v) is 20.3. The van der Waals surface area contributed by atoms with Crippen molar-refractivity contribution in [3.63, 3.8) is 0 Å². The van der Waals surface area contributed by atoms with Gasteiger partial charge >= 0.3 is 0 Å². The summed E-state index contributed by atoms with van der Waals surface area (Å²) in [6, 6.07) is 16.0. The van der Waals surface area contributed by atoms with E-state index in [1.807, 2.05) is 54.9 Å². The summed E-state index contributed by atoms with van der Waals surface area (Å²) in [5, 5.41) is 4.78. The van der Waals surface area contributed by atoms with Gasteiger partial charge in [0.15, 0.2) is 5.16 Å². The van der Waals surface area contributed by atoms with Crippen molar-refractivity contribution in [2.24, 2.45) is 0 Å². The lowest BCUT2D eigenvalue weighted by Crippen LogP contribution is -2.30. The molecule has 2 heterocycles. The molecule has 1 atom stereocenters. The largest absolute Gasteiger partial charge is 0.497 e. The first-order valence-corrected chi connectivity index (χ1v) is 12.3. The lowest BCUT2D eigenvalue weighted by Gasteiger charge is -2.19. The smallest absolute Gasteiger partial charge is 0.254 e. The van der Waals surface area contributed by atoms with Gasteiger partial charge in [0.25, 0.3) is 5.56 Å². The molecule has 8 heteroatoms. The summed E-state index contributed by atoms with van der Waals surface area (Å²) in [6.07, 6.45) is 4.42. The number of hydrogen-bond donors (Lipinski definition) is 3. The monoisotopic (exact) mass is 476 g/mol. The Hall–Kier alpha value is -3.52. The van der Waals surface area contributed by atoms with Gasteiger partial charge in [-0.15, -0.1) is 0 Å². The van der Waals surface area contributed by atoms with E-state index < -0.39 is 0 Å². The van der Waals surface area contributed by atoms with Crippen molar-refractivity contribution in [3.05, 3.63) is 87.5 Å². The molecule has 1 amide bonds. The van der Waals surface area contributed by atoms with Crippen LogP contribution in [-0.4, -0.2) is 40.8 Å². The minimum Gasteiger partial charge on any atom is -0.497 e. The fourth-order valence-electron chi connectivity index (χ4n) is 4.14. The van der Waals surface area contributed by atoms with Crippen molar-refractivity contribution in [2.75, 3.05) is 19.9 Å². The van der Waals surface area contributed by atoms with Crippen molar-refractivity contribution < 1.29 is 9.53 Å². The van der Waals surface area contributed by atoms with Crippen molar-refractivity contribution in [1.29, 1.82) is 0 Å². The third-order valence-corrected chi connectivity index (χ3v) is 6.59. The number of aryl methyl sites for hydroxylation is 1. The van der Waals surface area contributed by atoms with Crippen LogP contribution in [-0.2, 0) is 11.2 Å². The molecule has 0 radical (unpaired) electrons. The van der Waals surface area contributed by atoms with Crippen molar-refractivity contribution in [1.82, 2.24) is 20.3 Å². The van der Waals surface area contributed by atoms with Crippen LogP contribution in [0.15, 0.2) is 64.7 Å².